The Morgan fingerprint density at radius 3 is 2.52 bits per heavy atom. The second-order valence-corrected chi connectivity index (χ2v) is 8.52. The second-order valence-electron chi connectivity index (χ2n) is 5.27. The third-order valence-corrected chi connectivity index (χ3v) is 6.88. The Kier molecular flexibility index (Phi) is 4.40. The summed E-state index contributed by atoms with van der Waals surface area (Å²) in [7, 11) is -3.34. The fourth-order valence-electron chi connectivity index (χ4n) is 2.68. The molecule has 1 aromatic rings. The Morgan fingerprint density at radius 1 is 1.19 bits per heavy atom. The van der Waals surface area contributed by atoms with Crippen molar-refractivity contribution in [1.29, 1.82) is 0 Å². The van der Waals surface area contributed by atoms with E-state index < -0.39 is 10.0 Å². The van der Waals surface area contributed by atoms with E-state index in [9.17, 15) is 8.42 Å². The lowest BCUT2D eigenvalue weighted by Crippen LogP contribution is -2.44. The fourth-order valence-corrected chi connectivity index (χ4v) is 5.05. The number of ether oxygens (including phenoxy) is 1. The summed E-state index contributed by atoms with van der Waals surface area (Å²) >= 11 is 1.83. The SMILES string of the molecule is O=S(=O)(C=Cc1ccccc1)N1CCC2(CC1)OCCS2. The number of hydrogen-bond acceptors (Lipinski definition) is 4. The van der Waals surface area contributed by atoms with Gasteiger partial charge in [0, 0.05) is 24.3 Å². The quantitative estimate of drug-likeness (QED) is 0.857. The highest BCUT2D eigenvalue weighted by molar-refractivity contribution is 8.00. The molecule has 0 radical (unpaired) electrons. The second kappa shape index (κ2) is 6.12. The summed E-state index contributed by atoms with van der Waals surface area (Å²) in [6.45, 7) is 1.86. The van der Waals surface area contributed by atoms with Crippen LogP contribution in [0.5, 0.6) is 0 Å². The molecule has 3 rings (SSSR count). The van der Waals surface area contributed by atoms with Crippen LogP contribution in [-0.4, -0.2) is 43.1 Å². The van der Waals surface area contributed by atoms with Crippen molar-refractivity contribution < 1.29 is 13.2 Å². The molecule has 2 aliphatic heterocycles. The maximum atomic E-state index is 12.4. The molecule has 2 aliphatic rings. The third-order valence-electron chi connectivity index (χ3n) is 3.89. The summed E-state index contributed by atoms with van der Waals surface area (Å²) in [5.41, 5.74) is 0.893. The molecular weight excluding hydrogens is 306 g/mol. The summed E-state index contributed by atoms with van der Waals surface area (Å²) in [5, 5.41) is 1.31. The molecule has 0 N–H and O–H groups in total. The number of thioether (sulfide) groups is 1. The fraction of sp³-hybridized carbons (Fsp3) is 0.467. The Morgan fingerprint density at radius 2 is 1.90 bits per heavy atom. The normalized spacial score (nSPS) is 23.0. The molecule has 0 saturated carbocycles. The summed E-state index contributed by atoms with van der Waals surface area (Å²) < 4.78 is 32.1. The first kappa shape index (κ1) is 15.1. The zero-order valence-electron chi connectivity index (χ0n) is 11.8. The number of nitrogens with zero attached hydrogens (tertiary/aromatic N) is 1. The number of piperidine rings is 1. The van der Waals surface area contributed by atoms with Gasteiger partial charge in [0.1, 0.15) is 4.93 Å². The highest BCUT2D eigenvalue weighted by Gasteiger charge is 2.41. The summed E-state index contributed by atoms with van der Waals surface area (Å²) in [5.74, 6) is 1.01. The van der Waals surface area contributed by atoms with Gasteiger partial charge >= 0.3 is 0 Å². The van der Waals surface area contributed by atoms with Crippen molar-refractivity contribution in [3.05, 3.63) is 41.3 Å². The van der Waals surface area contributed by atoms with Crippen molar-refractivity contribution in [2.75, 3.05) is 25.4 Å². The molecule has 1 spiro atoms. The van der Waals surface area contributed by atoms with Gasteiger partial charge in [0.15, 0.2) is 0 Å². The first-order valence-corrected chi connectivity index (χ1v) is 9.60. The van der Waals surface area contributed by atoms with Crippen molar-refractivity contribution in [3.63, 3.8) is 0 Å². The molecular formula is C15H19NO3S2. The van der Waals surface area contributed by atoms with Crippen molar-refractivity contribution in [3.8, 4) is 0 Å². The minimum Gasteiger partial charge on any atom is -0.363 e. The van der Waals surface area contributed by atoms with E-state index in [-0.39, 0.29) is 4.93 Å². The molecule has 4 nitrogen and oxygen atoms in total. The molecule has 2 fully saturated rings. The Bertz CT molecular complexity index is 597. The maximum Gasteiger partial charge on any atom is 0.236 e. The summed E-state index contributed by atoms with van der Waals surface area (Å²) in [6.07, 6.45) is 3.20. The van der Waals surface area contributed by atoms with Crippen LogP contribution in [0.15, 0.2) is 35.7 Å². The van der Waals surface area contributed by atoms with Gasteiger partial charge in [0.05, 0.1) is 6.61 Å². The van der Waals surface area contributed by atoms with E-state index in [4.69, 9.17) is 4.74 Å². The Labute approximate surface area is 130 Å². The number of sulfonamides is 1. The van der Waals surface area contributed by atoms with E-state index >= 15 is 0 Å². The molecule has 1 aromatic carbocycles. The van der Waals surface area contributed by atoms with Gasteiger partial charge in [-0.3, -0.25) is 0 Å². The molecule has 0 atom stereocenters. The zero-order chi connectivity index (χ0) is 14.8. The molecule has 2 saturated heterocycles. The van der Waals surface area contributed by atoms with Crippen LogP contribution >= 0.6 is 11.8 Å². The monoisotopic (exact) mass is 325 g/mol. The Hall–Kier alpha value is -0.820. The van der Waals surface area contributed by atoms with Gasteiger partial charge < -0.3 is 4.74 Å². The minimum absolute atomic E-state index is 0.130. The van der Waals surface area contributed by atoms with Gasteiger partial charge in [-0.2, -0.15) is 4.31 Å². The highest BCUT2D eigenvalue weighted by atomic mass is 32.2. The van der Waals surface area contributed by atoms with Gasteiger partial charge in [-0.25, -0.2) is 8.42 Å². The lowest BCUT2D eigenvalue weighted by atomic mass is 10.1. The highest BCUT2D eigenvalue weighted by Crippen LogP contribution is 2.41. The zero-order valence-corrected chi connectivity index (χ0v) is 13.4. The van der Waals surface area contributed by atoms with Crippen LogP contribution < -0.4 is 0 Å². The minimum atomic E-state index is -3.34. The number of hydrogen-bond donors (Lipinski definition) is 0. The van der Waals surface area contributed by atoms with Crippen LogP contribution in [0.25, 0.3) is 6.08 Å². The van der Waals surface area contributed by atoms with E-state index in [1.54, 1.807) is 10.4 Å². The predicted molar refractivity (Wildman–Crippen MR) is 86.3 cm³/mol. The summed E-state index contributed by atoms with van der Waals surface area (Å²) in [4.78, 5) is -0.130. The molecule has 21 heavy (non-hydrogen) atoms. The van der Waals surface area contributed by atoms with E-state index in [0.29, 0.717) is 13.1 Å². The van der Waals surface area contributed by atoms with Gasteiger partial charge in [-0.15, -0.1) is 11.8 Å². The molecule has 0 unspecified atom stereocenters. The average Bonchev–Trinajstić information content (AvgIpc) is 2.95. The van der Waals surface area contributed by atoms with Crippen molar-refractivity contribution in [2.45, 2.75) is 17.8 Å². The predicted octanol–water partition coefficient (Wildman–Crippen LogP) is 2.54. The van der Waals surface area contributed by atoms with Gasteiger partial charge in [0.2, 0.25) is 10.0 Å². The van der Waals surface area contributed by atoms with E-state index in [1.165, 1.54) is 5.41 Å². The maximum absolute atomic E-state index is 12.4. The summed E-state index contributed by atoms with van der Waals surface area (Å²) in [6, 6.07) is 9.48. The van der Waals surface area contributed by atoms with Crippen LogP contribution in [0.1, 0.15) is 18.4 Å². The van der Waals surface area contributed by atoms with Crippen LogP contribution in [0.4, 0.5) is 0 Å². The molecule has 0 aromatic heterocycles. The van der Waals surface area contributed by atoms with E-state index in [2.05, 4.69) is 0 Å². The lowest BCUT2D eigenvalue weighted by Gasteiger charge is -2.36. The molecule has 0 amide bonds. The van der Waals surface area contributed by atoms with Crippen molar-refractivity contribution in [2.24, 2.45) is 0 Å². The van der Waals surface area contributed by atoms with Gasteiger partial charge in [-0.1, -0.05) is 30.3 Å². The Balaban J connectivity index is 1.65. The van der Waals surface area contributed by atoms with Crippen LogP contribution in [0.2, 0.25) is 0 Å². The van der Waals surface area contributed by atoms with E-state index in [1.807, 2.05) is 42.1 Å². The first-order valence-electron chi connectivity index (χ1n) is 7.11. The molecule has 114 valence electrons. The standard InChI is InChI=1S/C15H19NO3S2/c17-21(18,13-6-14-4-2-1-3-5-14)16-9-7-15(8-10-16)19-11-12-20-15/h1-6,13H,7-12H2. The largest absolute Gasteiger partial charge is 0.363 e. The van der Waals surface area contributed by atoms with Gasteiger partial charge in [-0.05, 0) is 24.5 Å². The average molecular weight is 325 g/mol. The van der Waals surface area contributed by atoms with Crippen molar-refractivity contribution >= 4 is 27.9 Å². The number of benzene rings is 1. The van der Waals surface area contributed by atoms with Crippen LogP contribution in [0, 0.1) is 0 Å². The lowest BCUT2D eigenvalue weighted by molar-refractivity contribution is 0.0163. The topological polar surface area (TPSA) is 46.6 Å². The molecule has 2 heterocycles. The van der Waals surface area contributed by atoms with Gasteiger partial charge in [0.25, 0.3) is 0 Å². The third kappa shape index (κ3) is 3.51. The van der Waals surface area contributed by atoms with E-state index in [0.717, 1.165) is 30.8 Å². The molecule has 0 bridgehead atoms. The van der Waals surface area contributed by atoms with Crippen LogP contribution in [0.3, 0.4) is 0 Å². The molecule has 6 heteroatoms. The number of rotatable bonds is 3. The molecule has 0 aliphatic carbocycles. The smallest absolute Gasteiger partial charge is 0.236 e. The van der Waals surface area contributed by atoms with Crippen LogP contribution in [-0.2, 0) is 14.8 Å². The first-order chi connectivity index (χ1) is 10.1. The van der Waals surface area contributed by atoms with Crippen molar-refractivity contribution in [1.82, 2.24) is 4.31 Å².